The van der Waals surface area contributed by atoms with Crippen molar-refractivity contribution in [2.45, 2.75) is 18.9 Å². The Bertz CT molecular complexity index is 144. The predicted molar refractivity (Wildman–Crippen MR) is 40.0 cm³/mol. The molecule has 0 aliphatic carbocycles. The second-order valence-electron chi connectivity index (χ2n) is 2.84. The van der Waals surface area contributed by atoms with Gasteiger partial charge in [0.1, 0.15) is 0 Å². The summed E-state index contributed by atoms with van der Waals surface area (Å²) in [5.74, 6) is 0. The minimum atomic E-state index is 0.679. The summed E-state index contributed by atoms with van der Waals surface area (Å²) in [6, 6.07) is 0.679. The average Bonchev–Trinajstić information content (AvgIpc) is 2.05. The maximum Gasteiger partial charge on any atom is 0.0621 e. The molecule has 3 nitrogen and oxygen atoms in total. The van der Waals surface area contributed by atoms with Crippen LogP contribution in [0.15, 0.2) is 12.4 Å². The third-order valence-electron chi connectivity index (χ3n) is 2.11. The smallest absolute Gasteiger partial charge is 0.0621 e. The van der Waals surface area contributed by atoms with E-state index in [1.165, 1.54) is 12.8 Å². The molecule has 2 heterocycles. The van der Waals surface area contributed by atoms with E-state index < -0.39 is 0 Å². The monoisotopic (exact) mass is 139 g/mol. The zero-order valence-electron chi connectivity index (χ0n) is 6.01. The Morgan fingerprint density at radius 1 is 1.50 bits per heavy atom. The van der Waals surface area contributed by atoms with Crippen molar-refractivity contribution in [3.8, 4) is 0 Å². The molecule has 0 aromatic heterocycles. The molecular weight excluding hydrogens is 126 g/mol. The number of hydrogen-bond donors (Lipinski definition) is 2. The first-order chi connectivity index (χ1) is 4.97. The Morgan fingerprint density at radius 3 is 3.40 bits per heavy atom. The summed E-state index contributed by atoms with van der Waals surface area (Å²) in [7, 11) is 0. The fourth-order valence-electron chi connectivity index (χ4n) is 1.53. The van der Waals surface area contributed by atoms with E-state index >= 15 is 0 Å². The first kappa shape index (κ1) is 6.04. The van der Waals surface area contributed by atoms with Crippen molar-refractivity contribution in [1.82, 2.24) is 15.8 Å². The molecule has 2 rings (SSSR count). The van der Waals surface area contributed by atoms with Crippen molar-refractivity contribution < 1.29 is 0 Å². The number of nitrogens with zero attached hydrogens (tertiary/aromatic N) is 1. The van der Waals surface area contributed by atoms with E-state index in [4.69, 9.17) is 0 Å². The summed E-state index contributed by atoms with van der Waals surface area (Å²) >= 11 is 0. The third kappa shape index (κ3) is 0.968. The number of hydrazine groups is 1. The summed E-state index contributed by atoms with van der Waals surface area (Å²) in [5.41, 5.74) is 3.33. The second-order valence-corrected chi connectivity index (χ2v) is 2.84. The molecule has 56 valence electrons. The molecule has 1 atom stereocenters. The Kier molecular flexibility index (Phi) is 1.51. The third-order valence-corrected chi connectivity index (χ3v) is 2.11. The van der Waals surface area contributed by atoms with E-state index in [1.54, 1.807) is 0 Å². The van der Waals surface area contributed by atoms with Crippen molar-refractivity contribution >= 4 is 0 Å². The van der Waals surface area contributed by atoms with Gasteiger partial charge in [0.2, 0.25) is 0 Å². The zero-order chi connectivity index (χ0) is 6.81. The van der Waals surface area contributed by atoms with E-state index in [9.17, 15) is 0 Å². The average molecular weight is 139 g/mol. The highest BCUT2D eigenvalue weighted by atomic mass is 15.5. The SMILES string of the molecule is C1=CN2NCCCC2CN1. The molecule has 1 fully saturated rings. The van der Waals surface area contributed by atoms with Gasteiger partial charge in [-0.05, 0) is 12.8 Å². The van der Waals surface area contributed by atoms with Crippen LogP contribution in [0.3, 0.4) is 0 Å². The molecule has 1 unspecified atom stereocenters. The molecule has 0 aromatic carbocycles. The van der Waals surface area contributed by atoms with Gasteiger partial charge in [0, 0.05) is 25.5 Å². The van der Waals surface area contributed by atoms with E-state index in [-0.39, 0.29) is 0 Å². The van der Waals surface area contributed by atoms with Gasteiger partial charge in [-0.25, -0.2) is 5.43 Å². The van der Waals surface area contributed by atoms with Gasteiger partial charge in [-0.15, -0.1) is 0 Å². The van der Waals surface area contributed by atoms with Crippen LogP contribution in [0.1, 0.15) is 12.8 Å². The highest BCUT2D eigenvalue weighted by Crippen LogP contribution is 2.11. The van der Waals surface area contributed by atoms with Gasteiger partial charge in [-0.2, -0.15) is 0 Å². The Balaban J connectivity index is 2.03. The summed E-state index contributed by atoms with van der Waals surface area (Å²) in [5, 5.41) is 5.43. The molecule has 0 spiro atoms. The molecule has 1 saturated heterocycles. The van der Waals surface area contributed by atoms with Crippen LogP contribution < -0.4 is 10.7 Å². The molecule has 2 N–H and O–H groups in total. The molecule has 2 aliphatic heterocycles. The van der Waals surface area contributed by atoms with Gasteiger partial charge >= 0.3 is 0 Å². The predicted octanol–water partition coefficient (Wildman–Crippen LogP) is 0.0298. The first-order valence-corrected chi connectivity index (χ1v) is 3.89. The quantitative estimate of drug-likeness (QED) is 0.496. The lowest BCUT2D eigenvalue weighted by Crippen LogP contribution is -2.52. The lowest BCUT2D eigenvalue weighted by Gasteiger charge is -2.37. The molecule has 2 aliphatic rings. The molecule has 0 bridgehead atoms. The number of fused-ring (bicyclic) bond motifs is 1. The van der Waals surface area contributed by atoms with Gasteiger partial charge < -0.3 is 10.3 Å². The number of hydrogen-bond acceptors (Lipinski definition) is 3. The Labute approximate surface area is 61.1 Å². The fraction of sp³-hybridized carbons (Fsp3) is 0.714. The molecule has 0 saturated carbocycles. The molecule has 10 heavy (non-hydrogen) atoms. The highest BCUT2D eigenvalue weighted by Gasteiger charge is 2.20. The van der Waals surface area contributed by atoms with E-state index in [0.717, 1.165) is 13.1 Å². The summed E-state index contributed by atoms with van der Waals surface area (Å²) in [6.45, 7) is 2.21. The Morgan fingerprint density at radius 2 is 2.50 bits per heavy atom. The highest BCUT2D eigenvalue weighted by molar-refractivity contribution is 4.92. The summed E-state index contributed by atoms with van der Waals surface area (Å²) < 4.78 is 0. The fourth-order valence-corrected chi connectivity index (χ4v) is 1.53. The van der Waals surface area contributed by atoms with Crippen LogP contribution in [-0.4, -0.2) is 24.1 Å². The maximum absolute atomic E-state index is 3.33. The van der Waals surface area contributed by atoms with Crippen molar-refractivity contribution in [3.05, 3.63) is 12.4 Å². The summed E-state index contributed by atoms with van der Waals surface area (Å²) in [4.78, 5) is 0. The molecule has 3 heteroatoms. The minimum absolute atomic E-state index is 0.679. The largest absolute Gasteiger partial charge is 0.388 e. The molecule has 0 radical (unpaired) electrons. The second kappa shape index (κ2) is 2.50. The van der Waals surface area contributed by atoms with Crippen LogP contribution >= 0.6 is 0 Å². The van der Waals surface area contributed by atoms with Crippen molar-refractivity contribution in [1.29, 1.82) is 0 Å². The van der Waals surface area contributed by atoms with Crippen LogP contribution in [0.5, 0.6) is 0 Å². The molecular formula is C7H13N3. The van der Waals surface area contributed by atoms with E-state index in [0.29, 0.717) is 6.04 Å². The van der Waals surface area contributed by atoms with Crippen molar-refractivity contribution in [2.24, 2.45) is 0 Å². The van der Waals surface area contributed by atoms with Gasteiger partial charge in [0.15, 0.2) is 0 Å². The van der Waals surface area contributed by atoms with Gasteiger partial charge in [0.25, 0.3) is 0 Å². The van der Waals surface area contributed by atoms with Crippen molar-refractivity contribution in [2.75, 3.05) is 13.1 Å². The zero-order valence-corrected chi connectivity index (χ0v) is 6.01. The van der Waals surface area contributed by atoms with Gasteiger partial charge in [-0.3, -0.25) is 0 Å². The van der Waals surface area contributed by atoms with Crippen LogP contribution in [0.25, 0.3) is 0 Å². The molecule has 0 amide bonds. The minimum Gasteiger partial charge on any atom is -0.388 e. The van der Waals surface area contributed by atoms with Crippen LogP contribution in [0.4, 0.5) is 0 Å². The van der Waals surface area contributed by atoms with Crippen molar-refractivity contribution in [3.63, 3.8) is 0 Å². The normalized spacial score (nSPS) is 31.2. The standard InChI is InChI=1S/C7H13N3/c1-2-7-6-8-4-5-10(7)9-3-1/h4-5,7-9H,1-3,6H2. The van der Waals surface area contributed by atoms with Gasteiger partial charge in [0.05, 0.1) is 6.04 Å². The molecule has 0 aromatic rings. The lowest BCUT2D eigenvalue weighted by atomic mass is 10.1. The van der Waals surface area contributed by atoms with E-state index in [1.807, 2.05) is 6.20 Å². The number of rotatable bonds is 0. The first-order valence-electron chi connectivity index (χ1n) is 3.89. The maximum atomic E-state index is 3.33. The lowest BCUT2D eigenvalue weighted by molar-refractivity contribution is 0.136. The topological polar surface area (TPSA) is 27.3 Å². The summed E-state index contributed by atoms with van der Waals surface area (Å²) in [6.07, 6.45) is 6.68. The van der Waals surface area contributed by atoms with Crippen LogP contribution in [0, 0.1) is 0 Å². The van der Waals surface area contributed by atoms with Crippen LogP contribution in [-0.2, 0) is 0 Å². The van der Waals surface area contributed by atoms with Crippen LogP contribution in [0.2, 0.25) is 0 Å². The van der Waals surface area contributed by atoms with E-state index in [2.05, 4.69) is 22.0 Å². The van der Waals surface area contributed by atoms with Gasteiger partial charge in [-0.1, -0.05) is 0 Å². The Hall–Kier alpha value is -0.700. The number of nitrogens with one attached hydrogen (secondary N) is 2.